The van der Waals surface area contributed by atoms with Crippen LogP contribution in [0.1, 0.15) is 24.8 Å². The van der Waals surface area contributed by atoms with Gasteiger partial charge in [0.05, 0.1) is 0 Å². The summed E-state index contributed by atoms with van der Waals surface area (Å²) in [7, 11) is 0. The van der Waals surface area contributed by atoms with E-state index in [0.29, 0.717) is 0 Å². The van der Waals surface area contributed by atoms with Crippen molar-refractivity contribution in [3.63, 3.8) is 0 Å². The zero-order valence-corrected chi connectivity index (χ0v) is 11.8. The number of hydrogen-bond donors (Lipinski definition) is 1. The van der Waals surface area contributed by atoms with Crippen LogP contribution in [-0.2, 0) is 6.42 Å². The van der Waals surface area contributed by atoms with E-state index in [9.17, 15) is 0 Å². The van der Waals surface area contributed by atoms with E-state index < -0.39 is 0 Å². The molecule has 0 amide bonds. The third-order valence-electron chi connectivity index (χ3n) is 4.26. The molecular formula is C15H20ClNO2. The number of rotatable bonds is 3. The molecule has 2 aliphatic heterocycles. The van der Waals surface area contributed by atoms with Gasteiger partial charge >= 0.3 is 0 Å². The van der Waals surface area contributed by atoms with Crippen LogP contribution >= 0.6 is 11.6 Å². The van der Waals surface area contributed by atoms with Gasteiger partial charge in [0.15, 0.2) is 0 Å². The lowest BCUT2D eigenvalue weighted by Gasteiger charge is -2.38. The molecule has 2 aliphatic rings. The van der Waals surface area contributed by atoms with E-state index >= 15 is 0 Å². The molecule has 3 nitrogen and oxygen atoms in total. The summed E-state index contributed by atoms with van der Waals surface area (Å²) in [6.45, 7) is 3.39. The van der Waals surface area contributed by atoms with Gasteiger partial charge < -0.3 is 14.7 Å². The van der Waals surface area contributed by atoms with Crippen molar-refractivity contribution in [1.82, 2.24) is 4.90 Å². The van der Waals surface area contributed by atoms with Crippen LogP contribution in [0, 0.1) is 0 Å². The maximum atomic E-state index is 8.88. The topological polar surface area (TPSA) is 32.7 Å². The molecule has 1 aromatic carbocycles. The van der Waals surface area contributed by atoms with Crippen molar-refractivity contribution in [1.29, 1.82) is 0 Å². The Balaban J connectivity index is 1.63. The lowest BCUT2D eigenvalue weighted by molar-refractivity contribution is 0.0181. The van der Waals surface area contributed by atoms with Crippen LogP contribution in [0.3, 0.4) is 0 Å². The third-order valence-corrected chi connectivity index (χ3v) is 4.50. The molecule has 19 heavy (non-hydrogen) atoms. The van der Waals surface area contributed by atoms with Gasteiger partial charge in [-0.15, -0.1) is 0 Å². The smallest absolute Gasteiger partial charge is 0.123 e. The highest BCUT2D eigenvalue weighted by atomic mass is 35.5. The number of piperidine rings is 1. The molecule has 0 unspecified atom stereocenters. The number of ether oxygens (including phenoxy) is 1. The highest BCUT2D eigenvalue weighted by Crippen LogP contribution is 2.41. The van der Waals surface area contributed by atoms with Crippen molar-refractivity contribution in [3.05, 3.63) is 28.8 Å². The number of aliphatic hydroxyl groups is 1. The van der Waals surface area contributed by atoms with Crippen molar-refractivity contribution < 1.29 is 9.84 Å². The van der Waals surface area contributed by atoms with Crippen LogP contribution in [0.25, 0.3) is 0 Å². The molecule has 1 spiro atoms. The van der Waals surface area contributed by atoms with Gasteiger partial charge in [-0.2, -0.15) is 0 Å². The zero-order chi connectivity index (χ0) is 13.3. The van der Waals surface area contributed by atoms with Crippen LogP contribution in [0.2, 0.25) is 5.02 Å². The molecule has 4 heteroatoms. The van der Waals surface area contributed by atoms with E-state index in [4.69, 9.17) is 21.4 Å². The molecule has 0 atom stereocenters. The lowest BCUT2D eigenvalue weighted by atomic mass is 9.87. The third kappa shape index (κ3) is 2.73. The summed E-state index contributed by atoms with van der Waals surface area (Å²) in [6.07, 6.45) is 3.97. The molecule has 2 heterocycles. The predicted octanol–water partition coefficient (Wildman–Crippen LogP) is 2.49. The quantitative estimate of drug-likeness (QED) is 0.924. The number of fused-ring (bicyclic) bond motifs is 1. The van der Waals surface area contributed by atoms with Crippen LogP contribution in [0.4, 0.5) is 0 Å². The Kier molecular flexibility index (Phi) is 3.70. The molecule has 0 aliphatic carbocycles. The minimum atomic E-state index is -0.0112. The van der Waals surface area contributed by atoms with Crippen LogP contribution in [-0.4, -0.2) is 41.8 Å². The summed E-state index contributed by atoms with van der Waals surface area (Å²) >= 11 is 6.04. The van der Waals surface area contributed by atoms with E-state index in [1.54, 1.807) is 0 Å². The number of benzene rings is 1. The second kappa shape index (κ2) is 5.31. The fourth-order valence-electron chi connectivity index (χ4n) is 3.16. The predicted molar refractivity (Wildman–Crippen MR) is 75.9 cm³/mol. The first-order valence-corrected chi connectivity index (χ1v) is 7.39. The Hall–Kier alpha value is -0.770. The summed E-state index contributed by atoms with van der Waals surface area (Å²) in [5.74, 6) is 1.01. The van der Waals surface area contributed by atoms with Gasteiger partial charge in [-0.1, -0.05) is 11.6 Å². The van der Waals surface area contributed by atoms with Gasteiger partial charge in [-0.3, -0.25) is 0 Å². The van der Waals surface area contributed by atoms with Crippen LogP contribution < -0.4 is 4.74 Å². The van der Waals surface area contributed by atoms with Crippen molar-refractivity contribution in [3.8, 4) is 5.75 Å². The van der Waals surface area contributed by atoms with Gasteiger partial charge in [0.1, 0.15) is 11.4 Å². The fraction of sp³-hybridized carbons (Fsp3) is 0.600. The van der Waals surface area contributed by atoms with Crippen molar-refractivity contribution in [2.75, 3.05) is 26.2 Å². The van der Waals surface area contributed by atoms with E-state index in [2.05, 4.69) is 4.90 Å². The van der Waals surface area contributed by atoms with E-state index in [1.165, 1.54) is 5.56 Å². The summed E-state index contributed by atoms with van der Waals surface area (Å²) in [6, 6.07) is 5.92. The van der Waals surface area contributed by atoms with Crippen molar-refractivity contribution in [2.45, 2.75) is 31.3 Å². The van der Waals surface area contributed by atoms with Gasteiger partial charge in [0.2, 0.25) is 0 Å². The standard InChI is InChI=1S/C15H20ClNO2/c16-13-2-3-14-12(10-13)11-15(19-14)4-7-17(8-5-15)6-1-9-18/h2-3,10,18H,1,4-9,11H2. The van der Waals surface area contributed by atoms with Crippen molar-refractivity contribution >= 4 is 11.6 Å². The maximum absolute atomic E-state index is 8.88. The molecule has 3 rings (SSSR count). The Labute approximate surface area is 119 Å². The molecule has 0 radical (unpaired) electrons. The highest BCUT2D eigenvalue weighted by molar-refractivity contribution is 6.30. The number of hydrogen-bond acceptors (Lipinski definition) is 3. The minimum Gasteiger partial charge on any atom is -0.487 e. The monoisotopic (exact) mass is 281 g/mol. The fourth-order valence-corrected chi connectivity index (χ4v) is 3.35. The van der Waals surface area contributed by atoms with Gasteiger partial charge in [-0.05, 0) is 30.2 Å². The molecule has 0 bridgehead atoms. The largest absolute Gasteiger partial charge is 0.487 e. The zero-order valence-electron chi connectivity index (χ0n) is 11.1. The van der Waals surface area contributed by atoms with Gasteiger partial charge in [0.25, 0.3) is 0 Å². The first kappa shape index (κ1) is 13.2. The Morgan fingerprint density at radius 2 is 2.11 bits per heavy atom. The summed E-state index contributed by atoms with van der Waals surface area (Å²) in [5.41, 5.74) is 1.24. The minimum absolute atomic E-state index is 0.0112. The number of nitrogens with zero attached hydrogens (tertiary/aromatic N) is 1. The van der Waals surface area contributed by atoms with E-state index in [1.807, 2.05) is 18.2 Å². The first-order chi connectivity index (χ1) is 9.21. The average molecular weight is 282 g/mol. The Morgan fingerprint density at radius 1 is 1.32 bits per heavy atom. The average Bonchev–Trinajstić information content (AvgIpc) is 2.75. The second-order valence-electron chi connectivity index (χ2n) is 5.63. The normalized spacial score (nSPS) is 21.4. The first-order valence-electron chi connectivity index (χ1n) is 7.01. The van der Waals surface area contributed by atoms with E-state index in [-0.39, 0.29) is 12.2 Å². The molecule has 0 saturated carbocycles. The Morgan fingerprint density at radius 3 is 2.84 bits per heavy atom. The van der Waals surface area contributed by atoms with Gasteiger partial charge in [0, 0.05) is 50.5 Å². The van der Waals surface area contributed by atoms with Crippen LogP contribution in [0.5, 0.6) is 5.75 Å². The lowest BCUT2D eigenvalue weighted by Crippen LogP contribution is -2.47. The molecule has 1 N–H and O–H groups in total. The molecule has 0 aromatic heterocycles. The van der Waals surface area contributed by atoms with Crippen LogP contribution in [0.15, 0.2) is 18.2 Å². The number of likely N-dealkylation sites (tertiary alicyclic amines) is 1. The second-order valence-corrected chi connectivity index (χ2v) is 6.07. The molecular weight excluding hydrogens is 262 g/mol. The number of halogens is 1. The maximum Gasteiger partial charge on any atom is 0.123 e. The summed E-state index contributed by atoms with van der Waals surface area (Å²) < 4.78 is 6.21. The van der Waals surface area contributed by atoms with E-state index in [0.717, 1.165) is 56.1 Å². The van der Waals surface area contributed by atoms with Crippen molar-refractivity contribution in [2.24, 2.45) is 0 Å². The molecule has 104 valence electrons. The molecule has 1 saturated heterocycles. The summed E-state index contributed by atoms with van der Waals surface area (Å²) in [5, 5.41) is 9.67. The highest BCUT2D eigenvalue weighted by Gasteiger charge is 2.41. The number of aliphatic hydroxyl groups excluding tert-OH is 1. The molecule has 1 aromatic rings. The summed E-state index contributed by atoms with van der Waals surface area (Å²) in [4.78, 5) is 2.42. The SMILES string of the molecule is OCCCN1CCC2(CC1)Cc1cc(Cl)ccc1O2. The van der Waals surface area contributed by atoms with Gasteiger partial charge in [-0.25, -0.2) is 0 Å². The molecule has 1 fully saturated rings. The Bertz CT molecular complexity index is 455.